The number of hydrogen-bond acceptors (Lipinski definition) is 4. The molecule has 18 heavy (non-hydrogen) atoms. The Morgan fingerprint density at radius 1 is 1.28 bits per heavy atom. The van der Waals surface area contributed by atoms with Crippen molar-refractivity contribution in [1.82, 2.24) is 4.98 Å². The number of aromatic nitrogens is 1. The van der Waals surface area contributed by atoms with Crippen LogP contribution in [0.2, 0.25) is 0 Å². The summed E-state index contributed by atoms with van der Waals surface area (Å²) >= 11 is 0. The van der Waals surface area contributed by atoms with E-state index in [9.17, 15) is 13.6 Å². The van der Waals surface area contributed by atoms with Crippen LogP contribution in [0, 0.1) is 11.6 Å². The molecule has 4 nitrogen and oxygen atoms in total. The number of pyridine rings is 1. The van der Waals surface area contributed by atoms with E-state index in [0.717, 1.165) is 6.07 Å². The minimum Gasteiger partial charge on any atom is -0.496 e. The third kappa shape index (κ3) is 1.85. The molecular formula is C12H9F2NO3. The number of carbonyl (C=O) groups excluding carboxylic acids is 1. The molecule has 2 rings (SSSR count). The molecule has 0 atom stereocenters. The number of carbonyl (C=O) groups is 1. The molecule has 0 bridgehead atoms. The largest absolute Gasteiger partial charge is 0.496 e. The van der Waals surface area contributed by atoms with E-state index in [2.05, 4.69) is 9.72 Å². The lowest BCUT2D eigenvalue weighted by atomic mass is 10.1. The third-order valence-electron chi connectivity index (χ3n) is 2.45. The predicted molar refractivity (Wildman–Crippen MR) is 59.6 cm³/mol. The quantitative estimate of drug-likeness (QED) is 0.770. The molecule has 0 radical (unpaired) electrons. The van der Waals surface area contributed by atoms with Gasteiger partial charge in [0.05, 0.1) is 14.2 Å². The maximum atomic E-state index is 13.6. The van der Waals surface area contributed by atoms with Crippen molar-refractivity contribution in [2.45, 2.75) is 0 Å². The van der Waals surface area contributed by atoms with E-state index in [4.69, 9.17) is 4.74 Å². The first-order valence-corrected chi connectivity index (χ1v) is 4.99. The van der Waals surface area contributed by atoms with Gasteiger partial charge in [-0.25, -0.2) is 18.6 Å². The molecule has 0 aliphatic carbocycles. The summed E-state index contributed by atoms with van der Waals surface area (Å²) in [6.45, 7) is 0. The lowest BCUT2D eigenvalue weighted by molar-refractivity contribution is 0.0594. The number of benzene rings is 1. The van der Waals surface area contributed by atoms with Crippen LogP contribution in [-0.4, -0.2) is 25.2 Å². The van der Waals surface area contributed by atoms with Crippen molar-refractivity contribution in [1.29, 1.82) is 0 Å². The van der Waals surface area contributed by atoms with Gasteiger partial charge in [-0.1, -0.05) is 0 Å². The van der Waals surface area contributed by atoms with E-state index in [0.29, 0.717) is 0 Å². The summed E-state index contributed by atoms with van der Waals surface area (Å²) in [5, 5.41) is 0.282. The Morgan fingerprint density at radius 3 is 2.61 bits per heavy atom. The molecule has 0 fully saturated rings. The molecule has 1 heterocycles. The molecule has 1 aromatic heterocycles. The van der Waals surface area contributed by atoms with Crippen molar-refractivity contribution < 1.29 is 23.0 Å². The summed E-state index contributed by atoms with van der Waals surface area (Å²) in [7, 11) is 2.53. The number of methoxy groups -OCH3 is 2. The van der Waals surface area contributed by atoms with Gasteiger partial charge >= 0.3 is 5.97 Å². The van der Waals surface area contributed by atoms with Crippen molar-refractivity contribution in [3.05, 3.63) is 35.5 Å². The van der Waals surface area contributed by atoms with Gasteiger partial charge in [0, 0.05) is 11.5 Å². The third-order valence-corrected chi connectivity index (χ3v) is 2.45. The van der Waals surface area contributed by atoms with Crippen LogP contribution in [-0.2, 0) is 4.74 Å². The van der Waals surface area contributed by atoms with Crippen LogP contribution >= 0.6 is 0 Å². The van der Waals surface area contributed by atoms with E-state index >= 15 is 0 Å². The van der Waals surface area contributed by atoms with Gasteiger partial charge in [0.2, 0.25) is 0 Å². The smallest absolute Gasteiger partial charge is 0.356 e. The Morgan fingerprint density at radius 2 is 2.00 bits per heavy atom. The molecule has 0 unspecified atom stereocenters. The Bertz CT molecular complexity index is 628. The highest BCUT2D eigenvalue weighted by Gasteiger charge is 2.17. The Hall–Kier alpha value is -2.24. The second-order valence-corrected chi connectivity index (χ2v) is 3.46. The van der Waals surface area contributed by atoms with Crippen LogP contribution < -0.4 is 4.74 Å². The van der Waals surface area contributed by atoms with Crippen molar-refractivity contribution in [3.8, 4) is 5.75 Å². The lowest BCUT2D eigenvalue weighted by Crippen LogP contribution is -2.06. The molecule has 0 amide bonds. The van der Waals surface area contributed by atoms with Crippen molar-refractivity contribution in [3.63, 3.8) is 0 Å². The zero-order valence-electron chi connectivity index (χ0n) is 9.66. The maximum Gasteiger partial charge on any atom is 0.356 e. The summed E-state index contributed by atoms with van der Waals surface area (Å²) in [6.07, 6.45) is 0. The minimum atomic E-state index is -1.13. The second-order valence-electron chi connectivity index (χ2n) is 3.46. The van der Waals surface area contributed by atoms with E-state index in [1.54, 1.807) is 0 Å². The topological polar surface area (TPSA) is 48.4 Å². The molecule has 2 aromatic rings. The van der Waals surface area contributed by atoms with Crippen LogP contribution in [0.5, 0.6) is 5.75 Å². The first-order valence-electron chi connectivity index (χ1n) is 4.99. The molecule has 94 valence electrons. The van der Waals surface area contributed by atoms with Crippen molar-refractivity contribution in [2.75, 3.05) is 14.2 Å². The zero-order chi connectivity index (χ0) is 13.3. The van der Waals surface area contributed by atoms with Crippen LogP contribution in [0.15, 0.2) is 18.2 Å². The van der Waals surface area contributed by atoms with Gasteiger partial charge < -0.3 is 9.47 Å². The van der Waals surface area contributed by atoms with Gasteiger partial charge in [0.25, 0.3) is 0 Å². The van der Waals surface area contributed by atoms with Gasteiger partial charge in [-0.2, -0.15) is 0 Å². The highest BCUT2D eigenvalue weighted by Crippen LogP contribution is 2.28. The first-order chi connectivity index (χ1) is 8.58. The zero-order valence-corrected chi connectivity index (χ0v) is 9.66. The van der Waals surface area contributed by atoms with Crippen LogP contribution in [0.4, 0.5) is 8.78 Å². The number of fused-ring (bicyclic) bond motifs is 1. The highest BCUT2D eigenvalue weighted by atomic mass is 19.2. The fourth-order valence-corrected chi connectivity index (χ4v) is 1.58. The van der Waals surface area contributed by atoms with E-state index in [1.165, 1.54) is 26.4 Å². The summed E-state index contributed by atoms with van der Waals surface area (Å²) in [4.78, 5) is 15.1. The normalized spacial score (nSPS) is 10.4. The molecule has 0 saturated heterocycles. The van der Waals surface area contributed by atoms with Crippen LogP contribution in [0.3, 0.4) is 0 Å². The first kappa shape index (κ1) is 12.2. The summed E-state index contributed by atoms with van der Waals surface area (Å²) in [5.74, 6) is -2.70. The van der Waals surface area contributed by atoms with Crippen LogP contribution in [0.25, 0.3) is 10.9 Å². The van der Waals surface area contributed by atoms with Gasteiger partial charge in [-0.3, -0.25) is 0 Å². The van der Waals surface area contributed by atoms with Crippen LogP contribution in [0.1, 0.15) is 10.5 Å². The summed E-state index contributed by atoms with van der Waals surface area (Å²) in [5.41, 5.74) is -0.416. The fourth-order valence-electron chi connectivity index (χ4n) is 1.58. The van der Waals surface area contributed by atoms with E-state index in [-0.39, 0.29) is 22.3 Å². The minimum absolute atomic E-state index is 0.147. The predicted octanol–water partition coefficient (Wildman–Crippen LogP) is 2.31. The van der Waals surface area contributed by atoms with E-state index in [1.807, 2.05) is 0 Å². The van der Waals surface area contributed by atoms with Gasteiger partial charge in [-0.15, -0.1) is 0 Å². The van der Waals surface area contributed by atoms with Gasteiger partial charge in [0.1, 0.15) is 11.3 Å². The molecule has 6 heteroatoms. The molecule has 1 aromatic carbocycles. The highest BCUT2D eigenvalue weighted by molar-refractivity contribution is 5.94. The molecule has 0 N–H and O–H groups in total. The molecule has 0 saturated carbocycles. The van der Waals surface area contributed by atoms with Crippen molar-refractivity contribution >= 4 is 16.9 Å². The SMILES string of the molecule is COC(=O)c1cc(OC)c2ccc(F)c(F)c2n1. The maximum absolute atomic E-state index is 13.6. The number of esters is 1. The van der Waals surface area contributed by atoms with E-state index < -0.39 is 17.6 Å². The molecule has 0 aliphatic rings. The lowest BCUT2D eigenvalue weighted by Gasteiger charge is -2.08. The number of rotatable bonds is 2. The number of nitrogens with zero attached hydrogens (tertiary/aromatic N) is 1. The standard InChI is InChI=1S/C12H9F2NO3/c1-17-9-5-8(12(16)18-2)15-11-6(9)3-4-7(13)10(11)14/h3-5H,1-2H3. The number of ether oxygens (including phenoxy) is 2. The molecule has 0 spiro atoms. The second kappa shape index (κ2) is 4.56. The van der Waals surface area contributed by atoms with Gasteiger partial charge in [0.15, 0.2) is 17.3 Å². The van der Waals surface area contributed by atoms with Crippen molar-refractivity contribution in [2.24, 2.45) is 0 Å². The molecule has 0 aliphatic heterocycles. The molecular weight excluding hydrogens is 244 g/mol. The Kier molecular flexibility index (Phi) is 3.10. The summed E-state index contributed by atoms with van der Waals surface area (Å²) in [6, 6.07) is 3.62. The Balaban J connectivity index is 2.80. The van der Waals surface area contributed by atoms with Gasteiger partial charge in [-0.05, 0) is 12.1 Å². The fraction of sp³-hybridized carbons (Fsp3) is 0.167. The summed E-state index contributed by atoms with van der Waals surface area (Å²) < 4.78 is 36.2. The average Bonchev–Trinajstić information content (AvgIpc) is 2.41. The monoisotopic (exact) mass is 253 g/mol. The number of hydrogen-bond donors (Lipinski definition) is 0. The Labute approximate surface area is 101 Å². The number of halogens is 2. The average molecular weight is 253 g/mol.